The maximum atomic E-state index is 10.9. The molecule has 0 saturated carbocycles. The molecule has 0 aromatic heterocycles. The van der Waals surface area contributed by atoms with Gasteiger partial charge in [-0.3, -0.25) is 4.79 Å². The molecule has 0 spiro atoms. The van der Waals surface area contributed by atoms with Gasteiger partial charge in [-0.15, -0.1) is 0 Å². The third-order valence-electron chi connectivity index (χ3n) is 2.72. The van der Waals surface area contributed by atoms with Crippen molar-refractivity contribution < 1.29 is 19.5 Å². The second kappa shape index (κ2) is 11.9. The number of carbonyl (C=O) groups is 1. The van der Waals surface area contributed by atoms with Crippen molar-refractivity contribution in [3.8, 4) is 0 Å². The first-order valence-electron chi connectivity index (χ1n) is 6.72. The lowest BCUT2D eigenvalue weighted by Gasteiger charge is -2.03. The van der Waals surface area contributed by atoms with Crippen LogP contribution in [0, 0.1) is 0 Å². The highest BCUT2D eigenvalue weighted by Gasteiger charge is 2.14. The van der Waals surface area contributed by atoms with Crippen LogP contribution in [0.15, 0.2) is 0 Å². The Kier molecular flexibility index (Phi) is 11.5. The maximum absolute atomic E-state index is 10.9. The molecule has 0 aromatic carbocycles. The zero-order chi connectivity index (χ0) is 12.9. The highest BCUT2D eigenvalue weighted by molar-refractivity contribution is 6.35. The Hall–Kier alpha value is -0.545. The van der Waals surface area contributed by atoms with Gasteiger partial charge in [-0.05, 0) is 6.42 Å². The molecule has 0 aliphatic heterocycles. The van der Waals surface area contributed by atoms with E-state index in [4.69, 9.17) is 10.0 Å². The second-order valence-electron chi connectivity index (χ2n) is 4.39. The fourth-order valence-electron chi connectivity index (χ4n) is 1.76. The summed E-state index contributed by atoms with van der Waals surface area (Å²) in [6.07, 6.45) is 10.9. The van der Waals surface area contributed by atoms with Crippen LogP contribution in [0.2, 0.25) is 0 Å². The van der Waals surface area contributed by atoms with Crippen LogP contribution in [0.1, 0.15) is 71.1 Å². The first kappa shape index (κ1) is 16.5. The Morgan fingerprint density at radius 1 is 0.941 bits per heavy atom. The highest BCUT2D eigenvalue weighted by Crippen LogP contribution is 2.10. The van der Waals surface area contributed by atoms with E-state index in [1.807, 2.05) is 0 Å². The number of unbranched alkanes of at least 4 members (excludes halogenated alkanes) is 8. The summed E-state index contributed by atoms with van der Waals surface area (Å²) in [6, 6.07) is 0. The Labute approximate surface area is 105 Å². The first-order chi connectivity index (χ1) is 8.16. The van der Waals surface area contributed by atoms with Crippen LogP contribution in [0.4, 0.5) is 0 Å². The molecule has 4 nitrogen and oxygen atoms in total. The number of hydrogen-bond acceptors (Lipinski definition) is 4. The van der Waals surface area contributed by atoms with Gasteiger partial charge in [0.1, 0.15) is 0 Å². The second-order valence-corrected chi connectivity index (χ2v) is 4.39. The minimum absolute atomic E-state index is 0.271. The van der Waals surface area contributed by atoms with E-state index in [1.54, 1.807) is 0 Å². The molecule has 0 amide bonds. The Balaban J connectivity index is 3.10. The quantitative estimate of drug-likeness (QED) is 0.432. The van der Waals surface area contributed by atoms with Gasteiger partial charge in [-0.25, -0.2) is 0 Å². The molecule has 0 atom stereocenters. The van der Waals surface area contributed by atoms with Crippen LogP contribution in [0.5, 0.6) is 0 Å². The predicted molar refractivity (Wildman–Crippen MR) is 68.1 cm³/mol. The van der Waals surface area contributed by atoms with E-state index in [0.29, 0.717) is 0 Å². The predicted octanol–water partition coefficient (Wildman–Crippen LogP) is 2.42. The first-order valence-corrected chi connectivity index (χ1v) is 6.72. The molecule has 0 aromatic rings. The summed E-state index contributed by atoms with van der Waals surface area (Å²) in [6.45, 7) is 2.21. The molecule has 5 heteroatoms. The molecule has 0 unspecified atom stereocenters. The van der Waals surface area contributed by atoms with Gasteiger partial charge in [0, 0.05) is 6.42 Å². The summed E-state index contributed by atoms with van der Waals surface area (Å²) in [7, 11) is -1.97. The van der Waals surface area contributed by atoms with Gasteiger partial charge in [-0.2, -0.15) is 0 Å². The molecule has 100 valence electrons. The van der Waals surface area contributed by atoms with E-state index in [1.165, 1.54) is 38.5 Å². The van der Waals surface area contributed by atoms with Crippen molar-refractivity contribution in [1.29, 1.82) is 0 Å². The van der Waals surface area contributed by atoms with Crippen LogP contribution in [0.3, 0.4) is 0 Å². The summed E-state index contributed by atoms with van der Waals surface area (Å²) in [5.41, 5.74) is 0. The van der Waals surface area contributed by atoms with Crippen LogP contribution >= 0.6 is 0 Å². The van der Waals surface area contributed by atoms with Gasteiger partial charge in [0.25, 0.3) is 5.97 Å². The SMILES string of the molecule is CCCCCCCCCCCC(=O)OB(O)O. The largest absolute Gasteiger partial charge is 0.709 e. The van der Waals surface area contributed by atoms with Gasteiger partial charge >= 0.3 is 7.32 Å². The molecule has 17 heavy (non-hydrogen) atoms. The average Bonchev–Trinajstić information content (AvgIpc) is 2.26. The molecule has 0 fully saturated rings. The molecule has 0 radical (unpaired) electrons. The van der Waals surface area contributed by atoms with E-state index in [2.05, 4.69) is 11.6 Å². The lowest BCUT2D eigenvalue weighted by Crippen LogP contribution is -2.21. The van der Waals surface area contributed by atoms with Crippen molar-refractivity contribution in [2.24, 2.45) is 0 Å². The summed E-state index contributed by atoms with van der Waals surface area (Å²) >= 11 is 0. The lowest BCUT2D eigenvalue weighted by molar-refractivity contribution is -0.137. The molecule has 0 bridgehead atoms. The van der Waals surface area contributed by atoms with E-state index in [0.717, 1.165) is 19.3 Å². The van der Waals surface area contributed by atoms with Gasteiger partial charge < -0.3 is 14.7 Å². The van der Waals surface area contributed by atoms with E-state index in [-0.39, 0.29) is 6.42 Å². The molecular weight excluding hydrogens is 219 g/mol. The molecular formula is C12H25BO4. The fourth-order valence-corrected chi connectivity index (χ4v) is 1.76. The minimum Gasteiger partial charge on any atom is -0.485 e. The zero-order valence-corrected chi connectivity index (χ0v) is 10.9. The van der Waals surface area contributed by atoms with E-state index >= 15 is 0 Å². The number of carbonyl (C=O) groups excluding carboxylic acids is 1. The summed E-state index contributed by atoms with van der Waals surface area (Å²) < 4.78 is 4.19. The average molecular weight is 244 g/mol. The topological polar surface area (TPSA) is 66.8 Å². The maximum Gasteiger partial charge on any atom is 0.709 e. The van der Waals surface area contributed by atoms with Gasteiger partial charge in [0.15, 0.2) is 0 Å². The number of rotatable bonds is 11. The van der Waals surface area contributed by atoms with E-state index in [9.17, 15) is 4.79 Å². The van der Waals surface area contributed by atoms with Crippen molar-refractivity contribution >= 4 is 13.3 Å². The monoisotopic (exact) mass is 244 g/mol. The van der Waals surface area contributed by atoms with Crippen molar-refractivity contribution in [3.63, 3.8) is 0 Å². The zero-order valence-electron chi connectivity index (χ0n) is 10.9. The van der Waals surface area contributed by atoms with Gasteiger partial charge in [0.2, 0.25) is 0 Å². The van der Waals surface area contributed by atoms with Crippen molar-refractivity contribution in [2.45, 2.75) is 71.1 Å². The Morgan fingerprint density at radius 2 is 1.41 bits per heavy atom. The van der Waals surface area contributed by atoms with Crippen molar-refractivity contribution in [2.75, 3.05) is 0 Å². The Bertz CT molecular complexity index is 185. The molecule has 0 aliphatic carbocycles. The van der Waals surface area contributed by atoms with Crippen LogP contribution < -0.4 is 0 Å². The smallest absolute Gasteiger partial charge is 0.485 e. The Morgan fingerprint density at radius 3 is 1.88 bits per heavy atom. The van der Waals surface area contributed by atoms with Gasteiger partial charge in [0.05, 0.1) is 0 Å². The van der Waals surface area contributed by atoms with Gasteiger partial charge in [-0.1, -0.05) is 58.3 Å². The third kappa shape index (κ3) is 13.4. The molecule has 0 rings (SSSR count). The van der Waals surface area contributed by atoms with Crippen molar-refractivity contribution in [3.05, 3.63) is 0 Å². The van der Waals surface area contributed by atoms with Crippen LogP contribution in [-0.4, -0.2) is 23.3 Å². The van der Waals surface area contributed by atoms with E-state index < -0.39 is 13.3 Å². The molecule has 0 heterocycles. The van der Waals surface area contributed by atoms with Crippen LogP contribution in [0.25, 0.3) is 0 Å². The summed E-state index contributed by atoms with van der Waals surface area (Å²) in [4.78, 5) is 10.9. The fraction of sp³-hybridized carbons (Fsp3) is 0.917. The molecule has 2 N–H and O–H groups in total. The molecule has 0 aliphatic rings. The minimum atomic E-state index is -1.97. The summed E-state index contributed by atoms with van der Waals surface area (Å²) in [5.74, 6) is -0.539. The highest BCUT2D eigenvalue weighted by atomic mass is 16.6. The summed E-state index contributed by atoms with van der Waals surface area (Å²) in [5, 5.41) is 16.8. The van der Waals surface area contributed by atoms with Crippen LogP contribution in [-0.2, 0) is 9.45 Å². The lowest BCUT2D eigenvalue weighted by atomic mass is 10.1. The van der Waals surface area contributed by atoms with Crippen molar-refractivity contribution in [1.82, 2.24) is 0 Å². The third-order valence-corrected chi connectivity index (χ3v) is 2.72. The standard InChI is InChI=1S/C12H25BO4/c1-2-3-4-5-6-7-8-9-10-11-12(14)17-13(15)16/h15-16H,2-11H2,1H3. The normalized spacial score (nSPS) is 10.3. The molecule has 0 saturated heterocycles. The number of hydrogen-bond donors (Lipinski definition) is 2.